The highest BCUT2D eigenvalue weighted by Crippen LogP contribution is 2.19. The van der Waals surface area contributed by atoms with Crippen molar-refractivity contribution in [1.29, 1.82) is 0 Å². The zero-order valence-electron chi connectivity index (χ0n) is 12.4. The van der Waals surface area contributed by atoms with Gasteiger partial charge in [-0.25, -0.2) is 8.78 Å². The lowest BCUT2D eigenvalue weighted by Gasteiger charge is -2.10. The minimum atomic E-state index is -0.831. The number of amides is 1. The Morgan fingerprint density at radius 2 is 1.91 bits per heavy atom. The van der Waals surface area contributed by atoms with E-state index in [4.69, 9.17) is 0 Å². The van der Waals surface area contributed by atoms with E-state index in [9.17, 15) is 13.6 Å². The standard InChI is InChI=1S/C16H17F2N3O/c1-10(2)9-20-11-6-7-19-14(8-11)16(22)21-15-12(17)4-3-5-13(15)18/h3-8,10H,9H2,1-2H3,(H,19,20)(H,21,22). The Kier molecular flexibility index (Phi) is 5.04. The maximum Gasteiger partial charge on any atom is 0.274 e. The van der Waals surface area contributed by atoms with Gasteiger partial charge in [0.15, 0.2) is 0 Å². The van der Waals surface area contributed by atoms with Crippen LogP contribution >= 0.6 is 0 Å². The first-order chi connectivity index (χ1) is 10.5. The number of pyridine rings is 1. The summed E-state index contributed by atoms with van der Waals surface area (Å²) in [5.41, 5.74) is 0.328. The van der Waals surface area contributed by atoms with Crippen molar-refractivity contribution in [3.8, 4) is 0 Å². The van der Waals surface area contributed by atoms with Crippen molar-refractivity contribution >= 4 is 17.3 Å². The molecule has 1 heterocycles. The van der Waals surface area contributed by atoms with Gasteiger partial charge in [-0.3, -0.25) is 9.78 Å². The van der Waals surface area contributed by atoms with Gasteiger partial charge < -0.3 is 10.6 Å². The van der Waals surface area contributed by atoms with Gasteiger partial charge in [0.1, 0.15) is 23.0 Å². The molecule has 0 aliphatic rings. The number of anilines is 2. The van der Waals surface area contributed by atoms with E-state index in [2.05, 4.69) is 29.5 Å². The first kappa shape index (κ1) is 15.9. The molecule has 22 heavy (non-hydrogen) atoms. The fraction of sp³-hybridized carbons (Fsp3) is 0.250. The summed E-state index contributed by atoms with van der Waals surface area (Å²) in [7, 11) is 0. The van der Waals surface area contributed by atoms with Gasteiger partial charge in [0.2, 0.25) is 0 Å². The number of carbonyl (C=O) groups is 1. The molecule has 0 fully saturated rings. The highest BCUT2D eigenvalue weighted by molar-refractivity contribution is 6.03. The molecule has 116 valence electrons. The second-order valence-corrected chi connectivity index (χ2v) is 5.26. The van der Waals surface area contributed by atoms with Gasteiger partial charge in [-0.1, -0.05) is 19.9 Å². The summed E-state index contributed by atoms with van der Waals surface area (Å²) in [6, 6.07) is 6.65. The van der Waals surface area contributed by atoms with Gasteiger partial charge in [-0.2, -0.15) is 0 Å². The van der Waals surface area contributed by atoms with Crippen LogP contribution in [0.2, 0.25) is 0 Å². The van der Waals surface area contributed by atoms with Crippen molar-refractivity contribution in [2.45, 2.75) is 13.8 Å². The first-order valence-electron chi connectivity index (χ1n) is 6.92. The van der Waals surface area contributed by atoms with Crippen LogP contribution in [0.5, 0.6) is 0 Å². The fourth-order valence-corrected chi connectivity index (χ4v) is 1.78. The Morgan fingerprint density at radius 1 is 1.23 bits per heavy atom. The van der Waals surface area contributed by atoms with Crippen molar-refractivity contribution < 1.29 is 13.6 Å². The molecule has 0 saturated heterocycles. The fourth-order valence-electron chi connectivity index (χ4n) is 1.78. The molecule has 1 aromatic carbocycles. The van der Waals surface area contributed by atoms with E-state index in [0.717, 1.165) is 24.4 Å². The van der Waals surface area contributed by atoms with Gasteiger partial charge in [-0.15, -0.1) is 0 Å². The molecule has 2 aromatic rings. The molecule has 0 aliphatic heterocycles. The van der Waals surface area contributed by atoms with Crippen LogP contribution < -0.4 is 10.6 Å². The Labute approximate surface area is 127 Å². The molecule has 1 amide bonds. The second-order valence-electron chi connectivity index (χ2n) is 5.26. The molecule has 4 nitrogen and oxygen atoms in total. The average molecular weight is 305 g/mol. The van der Waals surface area contributed by atoms with E-state index in [0.29, 0.717) is 5.92 Å². The van der Waals surface area contributed by atoms with Crippen molar-refractivity contribution in [2.24, 2.45) is 5.92 Å². The van der Waals surface area contributed by atoms with E-state index < -0.39 is 23.2 Å². The molecular weight excluding hydrogens is 288 g/mol. The highest BCUT2D eigenvalue weighted by atomic mass is 19.1. The van der Waals surface area contributed by atoms with Crippen LogP contribution in [-0.2, 0) is 0 Å². The molecule has 0 atom stereocenters. The maximum atomic E-state index is 13.5. The van der Waals surface area contributed by atoms with E-state index in [1.165, 1.54) is 18.3 Å². The number of nitrogens with zero attached hydrogens (tertiary/aromatic N) is 1. The average Bonchev–Trinajstić information content (AvgIpc) is 2.49. The number of benzene rings is 1. The normalized spacial score (nSPS) is 10.6. The maximum absolute atomic E-state index is 13.5. The number of carbonyl (C=O) groups excluding carboxylic acids is 1. The van der Waals surface area contributed by atoms with Crippen molar-refractivity contribution in [3.05, 3.63) is 53.9 Å². The Balaban J connectivity index is 2.14. The van der Waals surface area contributed by atoms with Crippen LogP contribution in [0.1, 0.15) is 24.3 Å². The molecule has 0 saturated carbocycles. The third kappa shape index (κ3) is 4.00. The van der Waals surface area contributed by atoms with Crippen molar-refractivity contribution in [2.75, 3.05) is 17.2 Å². The van der Waals surface area contributed by atoms with Gasteiger partial charge in [0.05, 0.1) is 0 Å². The van der Waals surface area contributed by atoms with Gasteiger partial charge in [-0.05, 0) is 30.2 Å². The third-order valence-electron chi connectivity index (χ3n) is 2.91. The topological polar surface area (TPSA) is 54.0 Å². The zero-order valence-corrected chi connectivity index (χ0v) is 12.4. The molecule has 0 aliphatic carbocycles. The summed E-state index contributed by atoms with van der Waals surface area (Å²) in [6.45, 7) is 4.86. The lowest BCUT2D eigenvalue weighted by Crippen LogP contribution is -2.16. The van der Waals surface area contributed by atoms with Crippen LogP contribution in [0.25, 0.3) is 0 Å². The number of rotatable bonds is 5. The number of hydrogen-bond donors (Lipinski definition) is 2. The van der Waals surface area contributed by atoms with Crippen LogP contribution in [0.15, 0.2) is 36.5 Å². The number of nitrogens with one attached hydrogen (secondary N) is 2. The van der Waals surface area contributed by atoms with Crippen LogP contribution in [0.4, 0.5) is 20.2 Å². The predicted octanol–water partition coefficient (Wildman–Crippen LogP) is 3.68. The largest absolute Gasteiger partial charge is 0.385 e. The smallest absolute Gasteiger partial charge is 0.274 e. The van der Waals surface area contributed by atoms with E-state index in [-0.39, 0.29) is 5.69 Å². The Morgan fingerprint density at radius 3 is 2.55 bits per heavy atom. The molecule has 2 rings (SSSR count). The molecular formula is C16H17F2N3O. The summed E-state index contributed by atoms with van der Waals surface area (Å²) in [5.74, 6) is -1.89. The zero-order chi connectivity index (χ0) is 16.1. The van der Waals surface area contributed by atoms with Gasteiger partial charge >= 0.3 is 0 Å². The SMILES string of the molecule is CC(C)CNc1ccnc(C(=O)Nc2c(F)cccc2F)c1. The minimum absolute atomic E-state index is 0.0800. The molecule has 0 radical (unpaired) electrons. The number of aromatic nitrogens is 1. The summed E-state index contributed by atoms with van der Waals surface area (Å²) in [6.07, 6.45) is 1.47. The first-order valence-corrected chi connectivity index (χ1v) is 6.92. The monoisotopic (exact) mass is 305 g/mol. The van der Waals surface area contributed by atoms with Crippen LogP contribution in [-0.4, -0.2) is 17.4 Å². The summed E-state index contributed by atoms with van der Waals surface area (Å²) < 4.78 is 27.1. The van der Waals surface area contributed by atoms with Gasteiger partial charge in [0.25, 0.3) is 5.91 Å². The van der Waals surface area contributed by atoms with E-state index in [1.807, 2.05) is 0 Å². The molecule has 0 unspecified atom stereocenters. The van der Waals surface area contributed by atoms with Crippen molar-refractivity contribution in [1.82, 2.24) is 4.98 Å². The second kappa shape index (κ2) is 6.98. The quantitative estimate of drug-likeness (QED) is 0.886. The third-order valence-corrected chi connectivity index (χ3v) is 2.91. The lowest BCUT2D eigenvalue weighted by atomic mass is 10.2. The lowest BCUT2D eigenvalue weighted by molar-refractivity contribution is 0.102. The molecule has 1 aromatic heterocycles. The van der Waals surface area contributed by atoms with E-state index >= 15 is 0 Å². The summed E-state index contributed by atoms with van der Waals surface area (Å²) >= 11 is 0. The molecule has 0 spiro atoms. The van der Waals surface area contributed by atoms with Crippen molar-refractivity contribution in [3.63, 3.8) is 0 Å². The summed E-state index contributed by atoms with van der Waals surface area (Å²) in [5, 5.41) is 5.37. The number of halogens is 2. The minimum Gasteiger partial charge on any atom is -0.385 e. The molecule has 0 bridgehead atoms. The number of para-hydroxylation sites is 1. The molecule has 6 heteroatoms. The Bertz CT molecular complexity index is 654. The Hall–Kier alpha value is -2.50. The molecule has 2 N–H and O–H groups in total. The number of hydrogen-bond acceptors (Lipinski definition) is 3. The van der Waals surface area contributed by atoms with Crippen LogP contribution in [0.3, 0.4) is 0 Å². The predicted molar refractivity (Wildman–Crippen MR) is 81.9 cm³/mol. The van der Waals surface area contributed by atoms with Gasteiger partial charge in [0, 0.05) is 18.4 Å². The summed E-state index contributed by atoms with van der Waals surface area (Å²) in [4.78, 5) is 16.0. The van der Waals surface area contributed by atoms with Crippen LogP contribution in [0, 0.1) is 17.6 Å². The highest BCUT2D eigenvalue weighted by Gasteiger charge is 2.14. The van der Waals surface area contributed by atoms with E-state index in [1.54, 1.807) is 6.07 Å².